The quantitative estimate of drug-likeness (QED) is 0.422. The van der Waals surface area contributed by atoms with Crippen molar-refractivity contribution >= 4 is 33.3 Å². The van der Waals surface area contributed by atoms with Gasteiger partial charge in [0.15, 0.2) is 0 Å². The summed E-state index contributed by atoms with van der Waals surface area (Å²) in [6.45, 7) is 5.90. The number of hydrogen-bond donors (Lipinski definition) is 3. The van der Waals surface area contributed by atoms with Crippen LogP contribution in [-0.2, 0) is 14.8 Å². The first-order valence-electron chi connectivity index (χ1n) is 14.4. The van der Waals surface area contributed by atoms with E-state index in [0.717, 1.165) is 19.1 Å². The number of fused-ring (bicyclic) bond motifs is 1. The van der Waals surface area contributed by atoms with Gasteiger partial charge in [0.25, 0.3) is 5.91 Å². The average molecular weight is 623 g/mol. The number of carbonyl (C=O) groups is 2. The van der Waals surface area contributed by atoms with Crippen molar-refractivity contribution in [3.63, 3.8) is 0 Å². The minimum Gasteiger partial charge on any atom is -0.490 e. The van der Waals surface area contributed by atoms with Crippen molar-refractivity contribution in [1.82, 2.24) is 9.21 Å². The maximum atomic E-state index is 14.1. The predicted octanol–water partition coefficient (Wildman–Crippen LogP) is 4.16. The normalized spacial score (nSPS) is 21.3. The molecule has 238 valence electrons. The molecule has 2 aromatic carbocycles. The molecule has 3 N–H and O–H groups in total. The van der Waals surface area contributed by atoms with Gasteiger partial charge in [0.2, 0.25) is 10.0 Å². The molecule has 1 heterocycles. The minimum absolute atomic E-state index is 0.114. The highest BCUT2D eigenvalue weighted by molar-refractivity contribution is 7.88. The summed E-state index contributed by atoms with van der Waals surface area (Å²) in [5.41, 5.74) is 0.909. The molecule has 1 aliphatic heterocycles. The Kier molecular flexibility index (Phi) is 12.3. The molecule has 0 saturated carbocycles. The van der Waals surface area contributed by atoms with Gasteiger partial charge in [-0.1, -0.05) is 6.92 Å². The van der Waals surface area contributed by atoms with Gasteiger partial charge in [0.05, 0.1) is 36.7 Å². The molecule has 0 unspecified atom stereocenters. The molecule has 0 bridgehead atoms. The monoisotopic (exact) mass is 622 g/mol. The van der Waals surface area contributed by atoms with E-state index in [1.165, 1.54) is 46.6 Å². The summed E-state index contributed by atoms with van der Waals surface area (Å²) in [5, 5.41) is 15.4. The summed E-state index contributed by atoms with van der Waals surface area (Å²) in [5.74, 6) is -0.811. The van der Waals surface area contributed by atoms with Crippen LogP contribution in [0, 0.1) is 11.7 Å². The van der Waals surface area contributed by atoms with Gasteiger partial charge in [-0.15, -0.1) is 0 Å². The van der Waals surface area contributed by atoms with Crippen molar-refractivity contribution in [3.05, 3.63) is 53.8 Å². The van der Waals surface area contributed by atoms with E-state index in [1.807, 2.05) is 13.8 Å². The number of carbonyl (C=O) groups excluding carboxylic acids is 2. The number of sulfonamides is 1. The number of hydrogen-bond acceptors (Lipinski definition) is 7. The Balaban J connectivity index is 1.94. The molecular weight excluding hydrogens is 579 g/mol. The highest BCUT2D eigenvalue weighted by Crippen LogP contribution is 2.28. The number of aliphatic hydroxyl groups is 1. The number of likely N-dealkylation sites (N-methyl/N-ethyl adjacent to an activating group) is 1. The van der Waals surface area contributed by atoms with Gasteiger partial charge in [-0.3, -0.25) is 4.79 Å². The minimum atomic E-state index is -3.46. The third-order valence-corrected chi connectivity index (χ3v) is 8.70. The van der Waals surface area contributed by atoms with Gasteiger partial charge >= 0.3 is 6.03 Å². The van der Waals surface area contributed by atoms with Gasteiger partial charge in [-0.05, 0) is 75.6 Å². The molecule has 3 rings (SSSR count). The van der Waals surface area contributed by atoms with Crippen LogP contribution >= 0.6 is 0 Å². The van der Waals surface area contributed by atoms with Crippen molar-refractivity contribution in [1.29, 1.82) is 0 Å². The second-order valence-electron chi connectivity index (χ2n) is 11.1. The summed E-state index contributed by atoms with van der Waals surface area (Å²) in [6, 6.07) is 8.91. The molecule has 0 spiro atoms. The Morgan fingerprint density at radius 2 is 1.79 bits per heavy atom. The molecule has 4 atom stereocenters. The lowest BCUT2D eigenvalue weighted by atomic mass is 10.0. The van der Waals surface area contributed by atoms with Gasteiger partial charge in [-0.2, -0.15) is 0 Å². The standard InChI is InChI=1S/C30H43FN4O7S/c1-20-17-35(21(2)19-36)29(37)26-16-25(33-30(38)32-24-11-9-23(31)10-12-24)13-14-27(26)42-22(3)8-6-7-15-41-28(20)18-34(4)43(5,39)40/h9-14,16,20-22,28,36H,6-8,15,17-19H2,1-5H3,(H2,32,33,38)/t20-,21-,22+,28+/m0/s1. The second kappa shape index (κ2) is 15.5. The van der Waals surface area contributed by atoms with Gasteiger partial charge < -0.3 is 30.1 Å². The van der Waals surface area contributed by atoms with Gasteiger partial charge in [-0.25, -0.2) is 21.9 Å². The topological polar surface area (TPSA) is 138 Å². The van der Waals surface area contributed by atoms with E-state index in [2.05, 4.69) is 10.6 Å². The molecule has 0 radical (unpaired) electrons. The smallest absolute Gasteiger partial charge is 0.323 e. The molecule has 0 aliphatic carbocycles. The molecule has 2 aromatic rings. The zero-order valence-corrected chi connectivity index (χ0v) is 26.2. The van der Waals surface area contributed by atoms with Crippen molar-refractivity contribution in [3.8, 4) is 5.75 Å². The molecule has 0 aromatic heterocycles. The van der Waals surface area contributed by atoms with Crippen LogP contribution in [0.15, 0.2) is 42.5 Å². The van der Waals surface area contributed by atoms with Crippen LogP contribution in [0.1, 0.15) is 50.4 Å². The lowest BCUT2D eigenvalue weighted by Gasteiger charge is -2.35. The Labute approximate surface area is 253 Å². The molecule has 11 nitrogen and oxygen atoms in total. The molecular formula is C30H43FN4O7S. The van der Waals surface area contributed by atoms with E-state index in [1.54, 1.807) is 19.1 Å². The predicted molar refractivity (Wildman–Crippen MR) is 163 cm³/mol. The van der Waals surface area contributed by atoms with Crippen LogP contribution in [-0.4, -0.2) is 92.5 Å². The molecule has 1 aliphatic rings. The summed E-state index contributed by atoms with van der Waals surface area (Å²) < 4.78 is 51.1. The molecule has 0 fully saturated rings. The SMILES string of the molecule is C[C@@H]1CCCCO[C@H](CN(C)S(C)(=O)=O)[C@@H](C)CN([C@@H](C)CO)C(=O)c2cc(NC(=O)Nc3ccc(F)cc3)ccc2O1. The zero-order chi connectivity index (χ0) is 31.7. The number of anilines is 2. The fourth-order valence-electron chi connectivity index (χ4n) is 4.68. The lowest BCUT2D eigenvalue weighted by molar-refractivity contribution is -0.00828. The van der Waals surface area contributed by atoms with E-state index in [9.17, 15) is 27.5 Å². The third kappa shape index (κ3) is 10.2. The van der Waals surface area contributed by atoms with Crippen LogP contribution in [0.4, 0.5) is 20.6 Å². The number of aliphatic hydroxyl groups excluding tert-OH is 1. The second-order valence-corrected chi connectivity index (χ2v) is 13.2. The Morgan fingerprint density at radius 3 is 2.44 bits per heavy atom. The third-order valence-electron chi connectivity index (χ3n) is 7.41. The molecule has 43 heavy (non-hydrogen) atoms. The van der Waals surface area contributed by atoms with E-state index in [-0.39, 0.29) is 37.3 Å². The average Bonchev–Trinajstić information content (AvgIpc) is 2.95. The van der Waals surface area contributed by atoms with Crippen LogP contribution < -0.4 is 15.4 Å². The van der Waals surface area contributed by atoms with Gasteiger partial charge in [0.1, 0.15) is 11.6 Å². The molecule has 0 saturated heterocycles. The maximum Gasteiger partial charge on any atom is 0.323 e. The zero-order valence-electron chi connectivity index (χ0n) is 25.4. The number of halogens is 1. The molecule has 3 amide bonds. The summed E-state index contributed by atoms with van der Waals surface area (Å²) >= 11 is 0. The van der Waals surface area contributed by atoms with E-state index < -0.39 is 39.9 Å². The summed E-state index contributed by atoms with van der Waals surface area (Å²) in [6.07, 6.45) is 2.63. The number of amides is 3. The Hall–Kier alpha value is -3.26. The number of rotatable bonds is 7. The Morgan fingerprint density at radius 1 is 1.14 bits per heavy atom. The van der Waals surface area contributed by atoms with Crippen LogP contribution in [0.5, 0.6) is 5.75 Å². The lowest BCUT2D eigenvalue weighted by Crippen LogP contribution is -2.47. The van der Waals surface area contributed by atoms with E-state index >= 15 is 0 Å². The largest absolute Gasteiger partial charge is 0.490 e. The van der Waals surface area contributed by atoms with Crippen molar-refractivity contribution < 1.29 is 37.0 Å². The number of nitrogens with zero attached hydrogens (tertiary/aromatic N) is 2. The van der Waals surface area contributed by atoms with Crippen molar-refractivity contribution in [2.45, 2.75) is 58.3 Å². The van der Waals surface area contributed by atoms with E-state index in [4.69, 9.17) is 9.47 Å². The van der Waals surface area contributed by atoms with Crippen molar-refractivity contribution in [2.75, 3.05) is 50.2 Å². The Bertz CT molecular complexity index is 1340. The first-order chi connectivity index (χ1) is 20.3. The first-order valence-corrected chi connectivity index (χ1v) is 16.2. The van der Waals surface area contributed by atoms with Crippen LogP contribution in [0.3, 0.4) is 0 Å². The highest BCUT2D eigenvalue weighted by atomic mass is 32.2. The number of nitrogens with one attached hydrogen (secondary N) is 2. The fourth-order valence-corrected chi connectivity index (χ4v) is 5.10. The van der Waals surface area contributed by atoms with E-state index in [0.29, 0.717) is 30.2 Å². The number of benzene rings is 2. The highest BCUT2D eigenvalue weighted by Gasteiger charge is 2.31. The molecule has 13 heteroatoms. The van der Waals surface area contributed by atoms with Crippen molar-refractivity contribution in [2.24, 2.45) is 5.92 Å². The first kappa shape index (κ1) is 34.2. The number of urea groups is 1. The van der Waals surface area contributed by atoms with Crippen LogP contribution in [0.25, 0.3) is 0 Å². The summed E-state index contributed by atoms with van der Waals surface area (Å²) in [4.78, 5) is 28.3. The number of ether oxygens (including phenoxy) is 2. The fraction of sp³-hybridized carbons (Fsp3) is 0.533. The van der Waals surface area contributed by atoms with Gasteiger partial charge in [0, 0.05) is 44.0 Å². The maximum absolute atomic E-state index is 14.1. The van der Waals surface area contributed by atoms with Crippen LogP contribution in [0.2, 0.25) is 0 Å². The summed E-state index contributed by atoms with van der Waals surface area (Å²) in [7, 11) is -1.96.